The summed E-state index contributed by atoms with van der Waals surface area (Å²) in [6.45, 7) is 1.28. The fourth-order valence-corrected chi connectivity index (χ4v) is 5.11. The van der Waals surface area contributed by atoms with Crippen LogP contribution in [0.1, 0.15) is 45.7 Å². The van der Waals surface area contributed by atoms with Crippen molar-refractivity contribution in [2.24, 2.45) is 0 Å². The third-order valence-electron chi connectivity index (χ3n) is 6.96. The van der Waals surface area contributed by atoms with Gasteiger partial charge in [0.05, 0.1) is 29.0 Å². The second kappa shape index (κ2) is 9.23. The number of anilines is 2. The van der Waals surface area contributed by atoms with Crippen LogP contribution in [0.2, 0.25) is 0 Å². The topological polar surface area (TPSA) is 126 Å². The number of amides is 3. The molecule has 4 heterocycles. The Hall–Kier alpha value is -4.41. The van der Waals surface area contributed by atoms with Crippen LogP contribution in [-0.2, 0) is 16.1 Å². The van der Waals surface area contributed by atoms with Crippen molar-refractivity contribution in [3.63, 3.8) is 0 Å². The summed E-state index contributed by atoms with van der Waals surface area (Å²) < 4.78 is 5.37. The monoisotopic (exact) mass is 494 g/mol. The predicted molar refractivity (Wildman–Crippen MR) is 136 cm³/mol. The van der Waals surface area contributed by atoms with E-state index in [0.717, 1.165) is 11.1 Å². The standard InChI is InChI=1S/C26H23BN6O4/c27-16-4-2-15(3-5-16)17-7-8-33(26(17)36)19-11-28-23-22(19)30-13-31-24(23)25(35)29-10-14-1-6-20-18(9-14)32-21(34)12-37-20/h1-6,9,13,17,19,28H,7-8,10-12H2,(H,29,35)(H,32,34). The Balaban J connectivity index is 1.16. The number of fused-ring (bicyclic) bond motifs is 2. The molecule has 2 aromatic carbocycles. The summed E-state index contributed by atoms with van der Waals surface area (Å²) >= 11 is 0. The molecule has 1 saturated heterocycles. The number of nitrogens with zero attached hydrogens (tertiary/aromatic N) is 3. The average Bonchev–Trinajstić information content (AvgIpc) is 3.50. The lowest BCUT2D eigenvalue weighted by atomic mass is 9.91. The summed E-state index contributed by atoms with van der Waals surface area (Å²) in [5.74, 6) is -0.174. The van der Waals surface area contributed by atoms with Gasteiger partial charge in [0, 0.05) is 19.6 Å². The van der Waals surface area contributed by atoms with Crippen molar-refractivity contribution in [2.75, 3.05) is 30.3 Å². The Labute approximate surface area is 214 Å². The van der Waals surface area contributed by atoms with E-state index in [9.17, 15) is 14.4 Å². The van der Waals surface area contributed by atoms with Crippen LogP contribution in [0.25, 0.3) is 0 Å². The number of rotatable bonds is 5. The molecule has 10 nitrogen and oxygen atoms in total. The number of nitrogens with one attached hydrogen (secondary N) is 3. The minimum atomic E-state index is -0.364. The normalized spacial score (nSPS) is 19.9. The van der Waals surface area contributed by atoms with Crippen LogP contribution >= 0.6 is 0 Å². The van der Waals surface area contributed by atoms with E-state index >= 15 is 0 Å². The van der Waals surface area contributed by atoms with Crippen molar-refractivity contribution in [1.29, 1.82) is 0 Å². The van der Waals surface area contributed by atoms with Crippen LogP contribution in [0, 0.1) is 0 Å². The molecule has 3 aliphatic rings. The minimum Gasteiger partial charge on any atom is -0.482 e. The maximum absolute atomic E-state index is 13.3. The molecule has 0 aliphatic carbocycles. The zero-order valence-electron chi connectivity index (χ0n) is 19.9. The molecule has 3 aromatic rings. The molecule has 3 N–H and O–H groups in total. The lowest BCUT2D eigenvalue weighted by Gasteiger charge is -2.23. The highest BCUT2D eigenvalue weighted by Crippen LogP contribution is 2.39. The van der Waals surface area contributed by atoms with Gasteiger partial charge in [0.2, 0.25) is 5.91 Å². The molecular formula is C26H23BN6O4. The Morgan fingerprint density at radius 3 is 2.84 bits per heavy atom. The Bertz CT molecular complexity index is 1410. The van der Waals surface area contributed by atoms with Crippen LogP contribution in [0.15, 0.2) is 48.8 Å². The Morgan fingerprint density at radius 1 is 1.16 bits per heavy atom. The first-order chi connectivity index (χ1) is 18.0. The molecule has 1 aromatic heterocycles. The SMILES string of the molecule is [B]c1ccc(C2CCN(C3CNc4c(C(=O)NCc5ccc6c(c5)NC(=O)CO6)ncnc43)C2=O)cc1. The molecule has 1 fully saturated rings. The van der Waals surface area contributed by atoms with Gasteiger partial charge >= 0.3 is 0 Å². The minimum absolute atomic E-state index is 0.0129. The zero-order chi connectivity index (χ0) is 25.5. The van der Waals surface area contributed by atoms with Crippen molar-refractivity contribution >= 4 is 42.4 Å². The predicted octanol–water partition coefficient (Wildman–Crippen LogP) is 1.01. The highest BCUT2D eigenvalue weighted by molar-refractivity contribution is 6.32. The molecular weight excluding hydrogens is 471 g/mol. The van der Waals surface area contributed by atoms with Gasteiger partial charge in [-0.15, -0.1) is 0 Å². The van der Waals surface area contributed by atoms with E-state index in [0.29, 0.717) is 47.8 Å². The third-order valence-corrected chi connectivity index (χ3v) is 6.96. The van der Waals surface area contributed by atoms with Crippen LogP contribution < -0.4 is 26.2 Å². The fourth-order valence-electron chi connectivity index (χ4n) is 5.11. The third kappa shape index (κ3) is 4.26. The summed E-state index contributed by atoms with van der Waals surface area (Å²) in [6.07, 6.45) is 2.07. The van der Waals surface area contributed by atoms with E-state index in [4.69, 9.17) is 12.6 Å². The molecule has 11 heteroatoms. The van der Waals surface area contributed by atoms with Gasteiger partial charge in [-0.25, -0.2) is 9.97 Å². The van der Waals surface area contributed by atoms with Crippen LogP contribution in [0.5, 0.6) is 5.75 Å². The summed E-state index contributed by atoms with van der Waals surface area (Å²) in [6, 6.07) is 12.5. The van der Waals surface area contributed by atoms with Gasteiger partial charge in [-0.2, -0.15) is 0 Å². The number of hydrogen-bond acceptors (Lipinski definition) is 7. The first-order valence-electron chi connectivity index (χ1n) is 12.1. The summed E-state index contributed by atoms with van der Waals surface area (Å²) in [5, 5.41) is 8.88. The number of likely N-dealkylation sites (tertiary alicyclic amines) is 1. The van der Waals surface area contributed by atoms with Crippen molar-refractivity contribution in [1.82, 2.24) is 20.2 Å². The van der Waals surface area contributed by atoms with E-state index in [1.807, 2.05) is 35.2 Å². The largest absolute Gasteiger partial charge is 0.482 e. The van der Waals surface area contributed by atoms with E-state index < -0.39 is 0 Å². The molecule has 6 rings (SSSR count). The van der Waals surface area contributed by atoms with Gasteiger partial charge in [0.25, 0.3) is 11.8 Å². The van der Waals surface area contributed by atoms with Gasteiger partial charge in [-0.3, -0.25) is 14.4 Å². The van der Waals surface area contributed by atoms with Crippen molar-refractivity contribution in [2.45, 2.75) is 24.9 Å². The molecule has 2 atom stereocenters. The molecule has 3 aliphatic heterocycles. The summed E-state index contributed by atoms with van der Waals surface area (Å²) in [5.41, 5.74) is 4.39. The molecule has 0 bridgehead atoms. The van der Waals surface area contributed by atoms with Crippen LogP contribution in [0.4, 0.5) is 11.4 Å². The van der Waals surface area contributed by atoms with E-state index in [2.05, 4.69) is 25.9 Å². The fraction of sp³-hybridized carbons (Fsp3) is 0.269. The lowest BCUT2D eigenvalue weighted by molar-refractivity contribution is -0.130. The maximum Gasteiger partial charge on any atom is 0.272 e. The molecule has 37 heavy (non-hydrogen) atoms. The second-order valence-corrected chi connectivity index (χ2v) is 9.27. The smallest absolute Gasteiger partial charge is 0.272 e. The number of hydrogen-bond donors (Lipinski definition) is 3. The number of aromatic nitrogens is 2. The van der Waals surface area contributed by atoms with Crippen molar-refractivity contribution < 1.29 is 19.1 Å². The summed E-state index contributed by atoms with van der Waals surface area (Å²) in [7, 11) is 5.79. The van der Waals surface area contributed by atoms with Crippen molar-refractivity contribution in [3.05, 3.63) is 71.3 Å². The van der Waals surface area contributed by atoms with Crippen LogP contribution in [0.3, 0.4) is 0 Å². The highest BCUT2D eigenvalue weighted by atomic mass is 16.5. The van der Waals surface area contributed by atoms with E-state index in [1.54, 1.807) is 12.1 Å². The van der Waals surface area contributed by atoms with Crippen LogP contribution in [-0.4, -0.2) is 60.1 Å². The van der Waals surface area contributed by atoms with Gasteiger partial charge < -0.3 is 25.6 Å². The molecule has 0 saturated carbocycles. The first-order valence-corrected chi connectivity index (χ1v) is 12.1. The van der Waals surface area contributed by atoms with Gasteiger partial charge in [-0.05, 0) is 29.7 Å². The van der Waals surface area contributed by atoms with E-state index in [-0.39, 0.29) is 48.5 Å². The number of carbonyl (C=O) groups excluding carboxylic acids is 3. The van der Waals surface area contributed by atoms with Gasteiger partial charge in [-0.1, -0.05) is 35.8 Å². The second-order valence-electron chi connectivity index (χ2n) is 9.27. The van der Waals surface area contributed by atoms with E-state index in [1.165, 1.54) is 6.33 Å². The maximum atomic E-state index is 13.3. The average molecular weight is 494 g/mol. The number of carbonyl (C=O) groups is 3. The quantitative estimate of drug-likeness (QED) is 0.453. The zero-order valence-corrected chi connectivity index (χ0v) is 19.9. The first kappa shape index (κ1) is 23.0. The number of ether oxygens (including phenoxy) is 1. The molecule has 2 radical (unpaired) electrons. The molecule has 0 spiro atoms. The highest BCUT2D eigenvalue weighted by Gasteiger charge is 2.41. The Morgan fingerprint density at radius 2 is 2.00 bits per heavy atom. The molecule has 3 amide bonds. The molecule has 2 unspecified atom stereocenters. The summed E-state index contributed by atoms with van der Waals surface area (Å²) in [4.78, 5) is 48.4. The van der Waals surface area contributed by atoms with Crippen molar-refractivity contribution in [3.8, 4) is 5.75 Å². The lowest BCUT2D eigenvalue weighted by Crippen LogP contribution is -2.33. The Kier molecular flexibility index (Phi) is 5.74. The number of benzene rings is 2. The molecule has 184 valence electrons. The van der Waals surface area contributed by atoms with Gasteiger partial charge in [0.15, 0.2) is 12.3 Å². The van der Waals surface area contributed by atoms with Gasteiger partial charge in [0.1, 0.15) is 19.9 Å².